The molecule has 1 heterocycles. The van der Waals surface area contributed by atoms with E-state index in [1.807, 2.05) is 43.3 Å². The van der Waals surface area contributed by atoms with Crippen LogP contribution in [-0.2, 0) is 0 Å². The average Bonchev–Trinajstić information content (AvgIpc) is 2.38. The van der Waals surface area contributed by atoms with E-state index in [1.165, 1.54) is 6.07 Å². The molecule has 1 aromatic heterocycles. The van der Waals surface area contributed by atoms with Crippen molar-refractivity contribution in [1.29, 1.82) is 0 Å². The summed E-state index contributed by atoms with van der Waals surface area (Å²) in [6, 6.07) is 10.9. The van der Waals surface area contributed by atoms with Gasteiger partial charge in [-0.15, -0.1) is 0 Å². The van der Waals surface area contributed by atoms with Gasteiger partial charge in [-0.3, -0.25) is 0 Å². The highest BCUT2D eigenvalue weighted by Gasteiger charge is 2.09. The number of pyridine rings is 1. The Morgan fingerprint density at radius 2 is 1.79 bits per heavy atom. The minimum absolute atomic E-state index is 0.0499. The van der Waals surface area contributed by atoms with E-state index < -0.39 is 5.97 Å². The number of aromatic nitrogens is 1. The highest BCUT2D eigenvalue weighted by atomic mass is 16.4. The van der Waals surface area contributed by atoms with Crippen molar-refractivity contribution in [2.24, 2.45) is 0 Å². The van der Waals surface area contributed by atoms with Gasteiger partial charge >= 0.3 is 5.97 Å². The van der Waals surface area contributed by atoms with Crippen molar-refractivity contribution in [2.75, 3.05) is 24.7 Å². The van der Waals surface area contributed by atoms with Crippen molar-refractivity contribution in [3.05, 3.63) is 42.1 Å². The predicted molar refractivity (Wildman–Crippen MR) is 75.4 cm³/mol. The summed E-state index contributed by atoms with van der Waals surface area (Å²) in [6.45, 7) is 0. The number of benzene rings is 1. The molecule has 0 saturated heterocycles. The van der Waals surface area contributed by atoms with Gasteiger partial charge in [-0.25, -0.2) is 9.78 Å². The Bertz CT molecular complexity index is 607. The Labute approximate surface area is 111 Å². The number of carboxylic acids is 1. The van der Waals surface area contributed by atoms with Crippen molar-refractivity contribution < 1.29 is 9.90 Å². The minimum Gasteiger partial charge on any atom is -0.477 e. The Balaban J connectivity index is 2.39. The van der Waals surface area contributed by atoms with Crippen LogP contribution in [-0.4, -0.2) is 30.2 Å². The van der Waals surface area contributed by atoms with Crippen LogP contribution in [0.1, 0.15) is 10.5 Å². The molecule has 0 atom stereocenters. The molecule has 0 aliphatic carbocycles. The summed E-state index contributed by atoms with van der Waals surface area (Å²) < 4.78 is 0. The highest BCUT2D eigenvalue weighted by Crippen LogP contribution is 2.26. The third kappa shape index (κ3) is 2.65. The lowest BCUT2D eigenvalue weighted by Crippen LogP contribution is -2.08. The number of nitrogen functional groups attached to an aromatic ring is 1. The Morgan fingerprint density at radius 3 is 2.26 bits per heavy atom. The van der Waals surface area contributed by atoms with Gasteiger partial charge in [-0.2, -0.15) is 0 Å². The minimum atomic E-state index is -1.08. The number of carboxylic acid groups (broad SMARTS) is 1. The van der Waals surface area contributed by atoms with E-state index in [-0.39, 0.29) is 11.5 Å². The summed E-state index contributed by atoms with van der Waals surface area (Å²) >= 11 is 0. The third-order valence-corrected chi connectivity index (χ3v) is 2.84. The number of hydrogen-bond acceptors (Lipinski definition) is 4. The molecule has 5 heteroatoms. The van der Waals surface area contributed by atoms with E-state index in [2.05, 4.69) is 4.98 Å². The second-order valence-corrected chi connectivity index (χ2v) is 4.38. The van der Waals surface area contributed by atoms with Crippen molar-refractivity contribution in [1.82, 2.24) is 4.98 Å². The molecule has 0 spiro atoms. The quantitative estimate of drug-likeness (QED) is 0.880. The van der Waals surface area contributed by atoms with E-state index >= 15 is 0 Å². The molecular formula is C14H15N3O2. The maximum Gasteiger partial charge on any atom is 0.354 e. The zero-order valence-electron chi connectivity index (χ0n) is 10.8. The molecule has 19 heavy (non-hydrogen) atoms. The van der Waals surface area contributed by atoms with Crippen LogP contribution >= 0.6 is 0 Å². The van der Waals surface area contributed by atoms with Gasteiger partial charge < -0.3 is 15.7 Å². The maximum atomic E-state index is 10.8. The van der Waals surface area contributed by atoms with Gasteiger partial charge in [-0.1, -0.05) is 12.1 Å². The number of nitrogens with two attached hydrogens (primary N) is 1. The lowest BCUT2D eigenvalue weighted by Gasteiger charge is -2.13. The van der Waals surface area contributed by atoms with Crippen LogP contribution in [0.15, 0.2) is 36.4 Å². The second-order valence-electron chi connectivity index (χ2n) is 4.38. The van der Waals surface area contributed by atoms with Gasteiger partial charge in [0.2, 0.25) is 0 Å². The van der Waals surface area contributed by atoms with E-state index in [0.717, 1.165) is 16.8 Å². The van der Waals surface area contributed by atoms with Crippen LogP contribution in [0.4, 0.5) is 11.5 Å². The maximum absolute atomic E-state index is 10.8. The number of hydrogen-bond donors (Lipinski definition) is 2. The third-order valence-electron chi connectivity index (χ3n) is 2.84. The summed E-state index contributed by atoms with van der Waals surface area (Å²) in [4.78, 5) is 16.7. The number of rotatable bonds is 3. The monoisotopic (exact) mass is 257 g/mol. The van der Waals surface area contributed by atoms with Crippen molar-refractivity contribution in [3.63, 3.8) is 0 Å². The number of aromatic carboxylic acids is 1. The fourth-order valence-corrected chi connectivity index (χ4v) is 1.78. The molecule has 2 rings (SSSR count). The standard InChI is InChI=1S/C14H15N3O2/c1-17(2)10-5-3-9(4-6-10)11-7-8-12(14(18)19)16-13(11)15/h3-8H,1-2H3,(H2,15,16)(H,18,19). The molecule has 1 aromatic carbocycles. The van der Waals surface area contributed by atoms with Crippen molar-refractivity contribution in [3.8, 4) is 11.1 Å². The smallest absolute Gasteiger partial charge is 0.354 e. The van der Waals surface area contributed by atoms with Crippen LogP contribution in [0.25, 0.3) is 11.1 Å². The number of anilines is 2. The van der Waals surface area contributed by atoms with E-state index in [9.17, 15) is 4.79 Å². The van der Waals surface area contributed by atoms with Gasteiger partial charge in [0, 0.05) is 25.3 Å². The molecule has 0 saturated carbocycles. The molecule has 0 fully saturated rings. The zero-order chi connectivity index (χ0) is 14.0. The van der Waals surface area contributed by atoms with Crippen molar-refractivity contribution >= 4 is 17.5 Å². The van der Waals surface area contributed by atoms with Gasteiger partial charge in [0.05, 0.1) is 0 Å². The molecule has 0 unspecified atom stereocenters. The van der Waals surface area contributed by atoms with E-state index in [1.54, 1.807) is 6.07 Å². The first-order valence-electron chi connectivity index (χ1n) is 5.76. The number of nitrogens with zero attached hydrogens (tertiary/aromatic N) is 2. The molecule has 0 amide bonds. The van der Waals surface area contributed by atoms with Crippen LogP contribution in [0, 0.1) is 0 Å². The van der Waals surface area contributed by atoms with Crippen LogP contribution in [0.5, 0.6) is 0 Å². The molecule has 2 aromatic rings. The normalized spacial score (nSPS) is 10.2. The Morgan fingerprint density at radius 1 is 1.16 bits per heavy atom. The Kier molecular flexibility index (Phi) is 3.37. The lowest BCUT2D eigenvalue weighted by molar-refractivity contribution is 0.0690. The summed E-state index contributed by atoms with van der Waals surface area (Å²) in [6.07, 6.45) is 0. The highest BCUT2D eigenvalue weighted by molar-refractivity contribution is 5.87. The summed E-state index contributed by atoms with van der Waals surface area (Å²) in [5.41, 5.74) is 8.48. The van der Waals surface area contributed by atoms with E-state index in [4.69, 9.17) is 10.8 Å². The zero-order valence-corrected chi connectivity index (χ0v) is 10.8. The van der Waals surface area contributed by atoms with Crippen LogP contribution in [0.3, 0.4) is 0 Å². The molecule has 0 radical (unpaired) electrons. The fraction of sp³-hybridized carbons (Fsp3) is 0.143. The first kappa shape index (κ1) is 12.9. The van der Waals surface area contributed by atoms with Gasteiger partial charge in [0.25, 0.3) is 0 Å². The molecule has 0 aliphatic heterocycles. The van der Waals surface area contributed by atoms with Crippen LogP contribution < -0.4 is 10.6 Å². The summed E-state index contributed by atoms with van der Waals surface area (Å²) in [7, 11) is 3.93. The Hall–Kier alpha value is -2.56. The molecule has 98 valence electrons. The molecule has 5 nitrogen and oxygen atoms in total. The van der Waals surface area contributed by atoms with Gasteiger partial charge in [0.1, 0.15) is 5.82 Å². The summed E-state index contributed by atoms with van der Waals surface area (Å²) in [5, 5.41) is 8.84. The molecule has 0 aliphatic rings. The van der Waals surface area contributed by atoms with Gasteiger partial charge in [-0.05, 0) is 29.8 Å². The fourth-order valence-electron chi connectivity index (χ4n) is 1.78. The molecule has 3 N–H and O–H groups in total. The molecular weight excluding hydrogens is 242 g/mol. The largest absolute Gasteiger partial charge is 0.477 e. The first-order chi connectivity index (χ1) is 8.99. The van der Waals surface area contributed by atoms with E-state index in [0.29, 0.717) is 0 Å². The lowest BCUT2D eigenvalue weighted by atomic mass is 10.1. The summed E-state index contributed by atoms with van der Waals surface area (Å²) in [5.74, 6) is -0.862. The van der Waals surface area contributed by atoms with Crippen molar-refractivity contribution in [2.45, 2.75) is 0 Å². The predicted octanol–water partition coefficient (Wildman–Crippen LogP) is 2.09. The number of carbonyl (C=O) groups is 1. The first-order valence-corrected chi connectivity index (χ1v) is 5.76. The van der Waals surface area contributed by atoms with Gasteiger partial charge in [0.15, 0.2) is 5.69 Å². The SMILES string of the molecule is CN(C)c1ccc(-c2ccc(C(=O)O)nc2N)cc1. The van der Waals surface area contributed by atoms with Crippen LogP contribution in [0.2, 0.25) is 0 Å². The topological polar surface area (TPSA) is 79.5 Å². The average molecular weight is 257 g/mol. The molecule has 0 bridgehead atoms. The second kappa shape index (κ2) is 4.97.